The fourth-order valence-electron chi connectivity index (χ4n) is 0.757. The van der Waals surface area contributed by atoms with Crippen molar-refractivity contribution in [1.29, 1.82) is 0 Å². The maximum absolute atomic E-state index is 8.56. The molecule has 1 N–H and O–H groups in total. The van der Waals surface area contributed by atoms with E-state index in [4.69, 9.17) is 13.0 Å². The SMILES string of the molecule is O=[S-](=O)O.[Li+].[c]1nc2ccccc2s1. The molecule has 0 unspecified atom stereocenters. The van der Waals surface area contributed by atoms with Gasteiger partial charge >= 0.3 is 18.9 Å². The predicted octanol–water partition coefficient (Wildman–Crippen LogP) is -1.13. The summed E-state index contributed by atoms with van der Waals surface area (Å²) in [5, 5.41) is 0. The normalized spacial score (nSPS) is 9.00. The Kier molecular flexibility index (Phi) is 6.79. The number of aromatic nitrogens is 1. The minimum Gasteiger partial charge on any atom is -0.439 e. The molecule has 0 aliphatic heterocycles. The molecule has 0 amide bonds. The monoisotopic (exact) mass is 222 g/mol. The second kappa shape index (κ2) is 6.98. The molecular formula is C7H5LiNO3S2. The molecule has 0 spiro atoms. The van der Waals surface area contributed by atoms with Gasteiger partial charge < -0.3 is 13.0 Å². The molecule has 2 rings (SSSR count). The van der Waals surface area contributed by atoms with Crippen LogP contribution in [0.5, 0.6) is 0 Å². The zero-order valence-corrected chi connectivity index (χ0v) is 8.97. The smallest absolute Gasteiger partial charge is 0.439 e. The molecule has 0 bridgehead atoms. The van der Waals surface area contributed by atoms with E-state index in [0.29, 0.717) is 0 Å². The summed E-state index contributed by atoms with van der Waals surface area (Å²) < 4.78 is 25.3. The van der Waals surface area contributed by atoms with Crippen molar-refractivity contribution in [1.82, 2.24) is 4.98 Å². The fraction of sp³-hybridized carbons (Fsp3) is 0. The molecule has 0 aliphatic carbocycles. The largest absolute Gasteiger partial charge is 1.00 e. The van der Waals surface area contributed by atoms with Gasteiger partial charge in [-0.1, -0.05) is 12.1 Å². The van der Waals surface area contributed by atoms with Gasteiger partial charge in [-0.15, -0.1) is 11.3 Å². The van der Waals surface area contributed by atoms with Crippen molar-refractivity contribution in [2.45, 2.75) is 0 Å². The molecule has 1 aromatic carbocycles. The zero-order valence-electron chi connectivity index (χ0n) is 7.34. The van der Waals surface area contributed by atoms with Crippen molar-refractivity contribution in [3.8, 4) is 0 Å². The van der Waals surface area contributed by atoms with Crippen LogP contribution in [0.25, 0.3) is 10.2 Å². The van der Waals surface area contributed by atoms with Crippen LogP contribution < -0.4 is 18.9 Å². The molecule has 0 aliphatic rings. The summed E-state index contributed by atoms with van der Waals surface area (Å²) >= 11 is 1.55. The summed E-state index contributed by atoms with van der Waals surface area (Å²) in [5.41, 5.74) is 3.87. The number of para-hydroxylation sites is 1. The number of benzene rings is 1. The van der Waals surface area contributed by atoms with Gasteiger partial charge in [0.05, 0.1) is 10.2 Å². The van der Waals surface area contributed by atoms with Crippen LogP contribution in [0, 0.1) is 5.51 Å². The predicted molar refractivity (Wildman–Crippen MR) is 49.8 cm³/mol. The fourth-order valence-corrected chi connectivity index (χ4v) is 1.36. The van der Waals surface area contributed by atoms with Gasteiger partial charge in [0.15, 0.2) is 5.51 Å². The third-order valence-corrected chi connectivity index (χ3v) is 1.93. The molecule has 0 saturated heterocycles. The molecule has 7 heteroatoms. The average Bonchev–Trinajstić information content (AvgIpc) is 2.49. The minimum absolute atomic E-state index is 0. The topological polar surface area (TPSA) is 67.3 Å². The standard InChI is InChI=1S/C7H4NS.Li.HO3S/c1-2-4-7-6(3-1)8-5-9-7;;1-4(2)3/h1-4H;;(H,1,2,3)/q;+1;-1. The Morgan fingerprint density at radius 3 is 2.50 bits per heavy atom. The van der Waals surface area contributed by atoms with Crippen LogP contribution >= 0.6 is 11.3 Å². The Morgan fingerprint density at radius 1 is 1.36 bits per heavy atom. The van der Waals surface area contributed by atoms with Crippen molar-refractivity contribution in [3.63, 3.8) is 0 Å². The first-order valence-electron chi connectivity index (χ1n) is 3.20. The van der Waals surface area contributed by atoms with Gasteiger partial charge in [-0.05, 0) is 12.1 Å². The van der Waals surface area contributed by atoms with E-state index in [1.165, 1.54) is 4.70 Å². The van der Waals surface area contributed by atoms with Crippen LogP contribution in [0.15, 0.2) is 24.3 Å². The van der Waals surface area contributed by atoms with Gasteiger partial charge in [-0.25, -0.2) is 4.98 Å². The molecule has 1 heterocycles. The summed E-state index contributed by atoms with van der Waals surface area (Å²) in [5.74, 6) is 0. The van der Waals surface area contributed by atoms with Gasteiger partial charge in [0.25, 0.3) is 0 Å². The van der Waals surface area contributed by atoms with Crippen LogP contribution in [0.3, 0.4) is 0 Å². The second-order valence-electron chi connectivity index (χ2n) is 1.99. The van der Waals surface area contributed by atoms with Gasteiger partial charge in [-0.3, -0.25) is 0 Å². The average molecular weight is 222 g/mol. The molecule has 14 heavy (non-hydrogen) atoms. The molecule has 0 saturated carbocycles. The molecule has 1 aromatic heterocycles. The number of thiazole rings is 1. The number of hydrogen-bond donors (Lipinski definition) is 1. The van der Waals surface area contributed by atoms with Crippen molar-refractivity contribution in [3.05, 3.63) is 29.8 Å². The van der Waals surface area contributed by atoms with E-state index in [1.807, 2.05) is 24.3 Å². The molecule has 4 nitrogen and oxygen atoms in total. The minimum atomic E-state index is -2.86. The van der Waals surface area contributed by atoms with Gasteiger partial charge in [0.2, 0.25) is 0 Å². The number of fused-ring (bicyclic) bond motifs is 1. The van der Waals surface area contributed by atoms with E-state index < -0.39 is 11.0 Å². The van der Waals surface area contributed by atoms with Crippen LogP contribution in [0.1, 0.15) is 0 Å². The van der Waals surface area contributed by atoms with Gasteiger partial charge in [0.1, 0.15) is 0 Å². The first-order valence-corrected chi connectivity index (χ1v) is 5.05. The number of rotatable bonds is 0. The Labute approximate surface area is 98.9 Å². The Bertz CT molecular complexity index is 417. The Balaban J connectivity index is 0.000000299. The van der Waals surface area contributed by atoms with E-state index in [0.717, 1.165) is 5.52 Å². The summed E-state index contributed by atoms with van der Waals surface area (Å²) in [6.45, 7) is 0. The van der Waals surface area contributed by atoms with Crippen LogP contribution in [-0.2, 0) is 19.4 Å². The first-order chi connectivity index (χ1) is 6.20. The number of hydrogen-bond acceptors (Lipinski definition) is 5. The van der Waals surface area contributed by atoms with Crippen LogP contribution in [0.2, 0.25) is 0 Å². The summed E-state index contributed by atoms with van der Waals surface area (Å²) in [6, 6.07) is 8.02. The molecule has 69 valence electrons. The maximum atomic E-state index is 8.56. The van der Waals surface area contributed by atoms with Gasteiger partial charge in [0, 0.05) is 11.0 Å². The van der Waals surface area contributed by atoms with Crippen molar-refractivity contribution in [2.24, 2.45) is 0 Å². The first kappa shape index (κ1) is 13.6. The van der Waals surface area contributed by atoms with E-state index in [2.05, 4.69) is 10.5 Å². The Morgan fingerprint density at radius 2 is 1.93 bits per heavy atom. The zero-order chi connectivity index (χ0) is 9.68. The van der Waals surface area contributed by atoms with E-state index in [9.17, 15) is 0 Å². The summed E-state index contributed by atoms with van der Waals surface area (Å²) in [4.78, 5) is 4.01. The molecular weight excluding hydrogens is 217 g/mol. The van der Waals surface area contributed by atoms with Crippen LogP contribution in [-0.4, -0.2) is 9.54 Å². The Hall–Kier alpha value is -0.383. The summed E-state index contributed by atoms with van der Waals surface area (Å²) in [7, 11) is -2.86. The molecule has 2 aromatic rings. The van der Waals surface area contributed by atoms with Crippen LogP contribution in [0.4, 0.5) is 0 Å². The molecule has 0 fully saturated rings. The summed E-state index contributed by atoms with van der Waals surface area (Å²) in [6.07, 6.45) is 0. The van der Waals surface area contributed by atoms with Gasteiger partial charge in [-0.2, -0.15) is 0 Å². The second-order valence-corrected chi connectivity index (χ2v) is 3.25. The van der Waals surface area contributed by atoms with E-state index >= 15 is 0 Å². The van der Waals surface area contributed by atoms with E-state index in [-0.39, 0.29) is 18.9 Å². The van der Waals surface area contributed by atoms with Crippen molar-refractivity contribution in [2.75, 3.05) is 0 Å². The maximum Gasteiger partial charge on any atom is 1.00 e. The third-order valence-electron chi connectivity index (χ3n) is 1.19. The molecule has 1 radical (unpaired) electrons. The van der Waals surface area contributed by atoms with Crippen molar-refractivity contribution < 1.29 is 31.8 Å². The number of nitrogens with zero attached hydrogens (tertiary/aromatic N) is 1. The van der Waals surface area contributed by atoms with Crippen molar-refractivity contribution >= 4 is 32.5 Å². The van der Waals surface area contributed by atoms with E-state index in [1.54, 1.807) is 11.3 Å². The molecule has 0 atom stereocenters. The quantitative estimate of drug-likeness (QED) is 0.265. The third kappa shape index (κ3) is 4.74.